The highest BCUT2D eigenvalue weighted by atomic mass is 35.5. The van der Waals surface area contributed by atoms with Gasteiger partial charge in [0, 0.05) is 0 Å². The fraction of sp³-hybridized carbons (Fsp3) is 0.125. The minimum Gasteiger partial charge on any atom is -0.478 e. The van der Waals surface area contributed by atoms with Crippen molar-refractivity contribution >= 4 is 29.2 Å². The minimum absolute atomic E-state index is 0.0363. The number of anilines is 1. The molecule has 1 aliphatic heterocycles. The smallest absolute Gasteiger partial charge is 0.346 e. The summed E-state index contributed by atoms with van der Waals surface area (Å²) in [7, 11) is 0. The number of carboxylic acids is 1. The molecule has 5 nitrogen and oxygen atoms in total. The van der Waals surface area contributed by atoms with Gasteiger partial charge in [-0.25, -0.2) is 9.18 Å². The van der Waals surface area contributed by atoms with Gasteiger partial charge >= 0.3 is 5.97 Å². The van der Waals surface area contributed by atoms with Crippen LogP contribution in [0.3, 0.4) is 0 Å². The third-order valence-electron chi connectivity index (χ3n) is 3.46. The molecule has 0 aliphatic carbocycles. The maximum Gasteiger partial charge on any atom is 0.346 e. The van der Waals surface area contributed by atoms with Crippen LogP contribution in [0.1, 0.15) is 10.4 Å². The Hall–Kier alpha value is -2.60. The maximum atomic E-state index is 13.2. The molecule has 0 aromatic heterocycles. The van der Waals surface area contributed by atoms with Gasteiger partial charge in [0.15, 0.2) is 0 Å². The first-order chi connectivity index (χ1) is 11.0. The van der Waals surface area contributed by atoms with E-state index in [-0.39, 0.29) is 22.9 Å². The fourth-order valence-corrected chi connectivity index (χ4v) is 2.61. The van der Waals surface area contributed by atoms with E-state index in [1.807, 2.05) is 0 Å². The van der Waals surface area contributed by atoms with Gasteiger partial charge in [0.1, 0.15) is 11.6 Å². The average molecular weight is 336 g/mol. The number of aliphatic carboxylic acids is 1. The van der Waals surface area contributed by atoms with Crippen LogP contribution in [-0.2, 0) is 4.79 Å². The van der Waals surface area contributed by atoms with Crippen molar-refractivity contribution in [3.8, 4) is 5.75 Å². The summed E-state index contributed by atoms with van der Waals surface area (Å²) in [5.74, 6) is -1.96. The van der Waals surface area contributed by atoms with E-state index >= 15 is 0 Å². The predicted molar refractivity (Wildman–Crippen MR) is 81.6 cm³/mol. The molecule has 0 fully saturated rings. The van der Waals surface area contributed by atoms with E-state index in [1.165, 1.54) is 11.0 Å². The molecule has 23 heavy (non-hydrogen) atoms. The van der Waals surface area contributed by atoms with Crippen molar-refractivity contribution in [1.29, 1.82) is 0 Å². The number of carboxylic acid groups (broad SMARTS) is 1. The Kier molecular flexibility index (Phi) is 3.92. The number of benzene rings is 2. The van der Waals surface area contributed by atoms with Crippen LogP contribution in [0.4, 0.5) is 10.1 Å². The highest BCUT2D eigenvalue weighted by molar-refractivity contribution is 6.34. The number of halogens is 2. The number of rotatable bonds is 2. The summed E-state index contributed by atoms with van der Waals surface area (Å²) in [5.41, 5.74) is 0.532. The van der Waals surface area contributed by atoms with Crippen LogP contribution in [0, 0.1) is 5.82 Å². The highest BCUT2D eigenvalue weighted by Gasteiger charge is 2.34. The zero-order chi connectivity index (χ0) is 16.6. The van der Waals surface area contributed by atoms with E-state index in [1.54, 1.807) is 24.3 Å². The van der Waals surface area contributed by atoms with Crippen LogP contribution in [-0.4, -0.2) is 29.6 Å². The van der Waals surface area contributed by atoms with Gasteiger partial charge in [0.2, 0.25) is 6.10 Å². The standard InChI is InChI=1S/C16H11ClFNO4/c17-11-7-9(18)5-6-10(11)15(20)19-8-14(16(21)22)23-13-4-2-1-3-12(13)19/h1-7,14H,8H2,(H,21,22). The molecule has 1 N–H and O–H groups in total. The van der Waals surface area contributed by atoms with Crippen molar-refractivity contribution in [1.82, 2.24) is 0 Å². The first kappa shape index (κ1) is 15.3. The molecular weight excluding hydrogens is 325 g/mol. The number of hydrogen-bond acceptors (Lipinski definition) is 3. The van der Waals surface area contributed by atoms with Crippen molar-refractivity contribution in [2.45, 2.75) is 6.10 Å². The lowest BCUT2D eigenvalue weighted by Gasteiger charge is -2.33. The number of nitrogens with zero attached hydrogens (tertiary/aromatic N) is 1. The van der Waals surface area contributed by atoms with Gasteiger partial charge in [0.05, 0.1) is 22.8 Å². The molecule has 7 heteroatoms. The van der Waals surface area contributed by atoms with Crippen LogP contribution in [0.25, 0.3) is 0 Å². The normalized spacial score (nSPS) is 16.4. The molecule has 0 bridgehead atoms. The number of carbonyl (C=O) groups is 2. The summed E-state index contributed by atoms with van der Waals surface area (Å²) < 4.78 is 18.5. The Balaban J connectivity index is 2.03. The van der Waals surface area contributed by atoms with Crippen LogP contribution in [0.5, 0.6) is 5.75 Å². The second-order valence-electron chi connectivity index (χ2n) is 4.95. The number of para-hydroxylation sites is 2. The minimum atomic E-state index is -1.19. The highest BCUT2D eigenvalue weighted by Crippen LogP contribution is 2.34. The molecular formula is C16H11ClFNO4. The van der Waals surface area contributed by atoms with Crippen LogP contribution in [0.15, 0.2) is 42.5 Å². The van der Waals surface area contributed by atoms with Crippen molar-refractivity contribution in [3.63, 3.8) is 0 Å². The fourth-order valence-electron chi connectivity index (χ4n) is 2.36. The molecule has 3 rings (SSSR count). The molecule has 1 aliphatic rings. The zero-order valence-corrected chi connectivity index (χ0v) is 12.5. The third kappa shape index (κ3) is 2.85. The van der Waals surface area contributed by atoms with Crippen LogP contribution < -0.4 is 9.64 Å². The predicted octanol–water partition coefficient (Wildman–Crippen LogP) is 2.97. The average Bonchev–Trinajstić information content (AvgIpc) is 2.53. The molecule has 2 aromatic carbocycles. The van der Waals surface area contributed by atoms with Crippen molar-refractivity contribution in [2.24, 2.45) is 0 Å². The summed E-state index contributed by atoms with van der Waals surface area (Å²) in [6, 6.07) is 10.0. The third-order valence-corrected chi connectivity index (χ3v) is 3.77. The van der Waals surface area contributed by atoms with Crippen molar-refractivity contribution in [2.75, 3.05) is 11.4 Å². The Bertz CT molecular complexity index is 795. The van der Waals surface area contributed by atoms with Crippen LogP contribution >= 0.6 is 11.6 Å². The molecule has 1 amide bonds. The number of fused-ring (bicyclic) bond motifs is 1. The summed E-state index contributed by atoms with van der Waals surface area (Å²) in [5, 5.41) is 9.15. The van der Waals surface area contributed by atoms with Crippen LogP contribution in [0.2, 0.25) is 5.02 Å². The van der Waals surface area contributed by atoms with E-state index < -0.39 is 23.8 Å². The first-order valence-corrected chi connectivity index (χ1v) is 7.10. The molecule has 0 radical (unpaired) electrons. The number of carbonyl (C=O) groups excluding carboxylic acids is 1. The Morgan fingerprint density at radius 1 is 1.26 bits per heavy atom. The Morgan fingerprint density at radius 3 is 2.70 bits per heavy atom. The lowest BCUT2D eigenvalue weighted by molar-refractivity contribution is -0.144. The molecule has 0 spiro atoms. The van der Waals surface area contributed by atoms with Gasteiger partial charge in [0.25, 0.3) is 5.91 Å². The second-order valence-corrected chi connectivity index (χ2v) is 5.36. The second kappa shape index (κ2) is 5.89. The first-order valence-electron chi connectivity index (χ1n) is 6.73. The van der Waals surface area contributed by atoms with Gasteiger partial charge in [-0.2, -0.15) is 0 Å². The van der Waals surface area contributed by atoms with Gasteiger partial charge in [-0.05, 0) is 30.3 Å². The lowest BCUT2D eigenvalue weighted by Crippen LogP contribution is -2.47. The number of hydrogen-bond donors (Lipinski definition) is 1. The Morgan fingerprint density at radius 2 is 2.00 bits per heavy atom. The van der Waals surface area contributed by atoms with Crippen molar-refractivity contribution < 1.29 is 23.8 Å². The molecule has 0 saturated heterocycles. The Labute approximate surface area is 135 Å². The molecule has 1 unspecified atom stereocenters. The SMILES string of the molecule is O=C(O)C1CN(C(=O)c2ccc(F)cc2Cl)c2ccccc2O1. The largest absolute Gasteiger partial charge is 0.478 e. The van der Waals surface area contributed by atoms with E-state index in [0.717, 1.165) is 12.1 Å². The summed E-state index contributed by atoms with van der Waals surface area (Å²) in [6.45, 7) is -0.168. The molecule has 0 saturated carbocycles. The van der Waals surface area contributed by atoms with E-state index in [4.69, 9.17) is 16.3 Å². The van der Waals surface area contributed by atoms with E-state index in [9.17, 15) is 19.1 Å². The maximum absolute atomic E-state index is 13.2. The summed E-state index contributed by atoms with van der Waals surface area (Å²) in [6.07, 6.45) is -1.19. The topological polar surface area (TPSA) is 66.8 Å². The van der Waals surface area contributed by atoms with Crippen molar-refractivity contribution in [3.05, 3.63) is 58.9 Å². The molecule has 1 heterocycles. The monoisotopic (exact) mass is 335 g/mol. The van der Waals surface area contributed by atoms with Gasteiger partial charge in [-0.1, -0.05) is 23.7 Å². The quantitative estimate of drug-likeness (QED) is 0.916. The van der Waals surface area contributed by atoms with Gasteiger partial charge < -0.3 is 14.7 Å². The molecule has 2 aromatic rings. The van der Waals surface area contributed by atoms with Gasteiger partial charge in [-0.15, -0.1) is 0 Å². The number of ether oxygens (including phenoxy) is 1. The summed E-state index contributed by atoms with van der Waals surface area (Å²) in [4.78, 5) is 25.2. The lowest BCUT2D eigenvalue weighted by atomic mass is 10.1. The number of amides is 1. The molecule has 1 atom stereocenters. The molecule has 118 valence electrons. The summed E-state index contributed by atoms with van der Waals surface area (Å²) >= 11 is 5.93. The zero-order valence-electron chi connectivity index (χ0n) is 11.7. The van der Waals surface area contributed by atoms with E-state index in [2.05, 4.69) is 0 Å². The van der Waals surface area contributed by atoms with E-state index in [0.29, 0.717) is 5.69 Å². The van der Waals surface area contributed by atoms with Gasteiger partial charge in [-0.3, -0.25) is 4.79 Å².